The molecular formula is C10H14O3. The summed E-state index contributed by atoms with van der Waals surface area (Å²) in [6.07, 6.45) is 0. The van der Waals surface area contributed by atoms with E-state index < -0.39 is 0 Å². The van der Waals surface area contributed by atoms with E-state index in [4.69, 9.17) is 14.9 Å². The molecular weight excluding hydrogens is 168 g/mol. The molecule has 3 nitrogen and oxygen atoms in total. The van der Waals surface area contributed by atoms with E-state index in [0.29, 0.717) is 18.3 Å². The molecule has 0 unspecified atom stereocenters. The van der Waals surface area contributed by atoms with Gasteiger partial charge in [0.25, 0.3) is 0 Å². The van der Waals surface area contributed by atoms with E-state index in [1.165, 1.54) is 12.1 Å². The first kappa shape index (κ1) is 9.71. The van der Waals surface area contributed by atoms with Crippen LogP contribution in [0.4, 0.5) is 0 Å². The second kappa shape index (κ2) is 4.03. The van der Waals surface area contributed by atoms with Crippen molar-refractivity contribution in [2.75, 3.05) is 6.61 Å². The van der Waals surface area contributed by atoms with E-state index in [1.807, 2.05) is 13.8 Å². The van der Waals surface area contributed by atoms with Gasteiger partial charge in [0.2, 0.25) is 0 Å². The van der Waals surface area contributed by atoms with Gasteiger partial charge in [0, 0.05) is 6.07 Å². The smallest absolute Gasteiger partial charge is 0.161 e. The van der Waals surface area contributed by atoms with Crippen LogP contribution in [-0.2, 0) is 0 Å². The highest BCUT2D eigenvalue weighted by molar-refractivity contribution is 5.43. The van der Waals surface area contributed by atoms with Gasteiger partial charge in [-0.15, -0.1) is 0 Å². The predicted octanol–water partition coefficient (Wildman–Crippen LogP) is 2.13. The number of rotatable bonds is 3. The van der Waals surface area contributed by atoms with E-state index in [0.717, 1.165) is 0 Å². The second-order valence-corrected chi connectivity index (χ2v) is 3.36. The SMILES string of the molecule is CC(C)COc1ccc(O)c(O)c1. The van der Waals surface area contributed by atoms with Crippen molar-refractivity contribution < 1.29 is 14.9 Å². The van der Waals surface area contributed by atoms with Gasteiger partial charge >= 0.3 is 0 Å². The summed E-state index contributed by atoms with van der Waals surface area (Å²) in [5, 5.41) is 18.2. The van der Waals surface area contributed by atoms with Crippen LogP contribution in [0.5, 0.6) is 17.2 Å². The Morgan fingerprint density at radius 3 is 2.46 bits per heavy atom. The summed E-state index contributed by atoms with van der Waals surface area (Å²) in [5.74, 6) is 0.734. The number of ether oxygens (including phenoxy) is 1. The first-order valence-electron chi connectivity index (χ1n) is 4.24. The summed E-state index contributed by atoms with van der Waals surface area (Å²) in [5.41, 5.74) is 0. The molecule has 0 atom stereocenters. The minimum atomic E-state index is -0.152. The zero-order chi connectivity index (χ0) is 9.84. The van der Waals surface area contributed by atoms with Gasteiger partial charge in [0.15, 0.2) is 11.5 Å². The molecule has 1 rings (SSSR count). The zero-order valence-corrected chi connectivity index (χ0v) is 7.82. The number of phenols is 2. The lowest BCUT2D eigenvalue weighted by atomic mass is 10.2. The Hall–Kier alpha value is -1.38. The largest absolute Gasteiger partial charge is 0.504 e. The summed E-state index contributed by atoms with van der Waals surface area (Å²) in [6.45, 7) is 4.69. The third kappa shape index (κ3) is 2.86. The maximum Gasteiger partial charge on any atom is 0.161 e. The summed E-state index contributed by atoms with van der Waals surface area (Å²) in [4.78, 5) is 0. The first-order chi connectivity index (χ1) is 6.09. The maximum absolute atomic E-state index is 9.14. The van der Waals surface area contributed by atoms with Crippen LogP contribution in [0.2, 0.25) is 0 Å². The molecule has 0 radical (unpaired) electrons. The van der Waals surface area contributed by atoms with Gasteiger partial charge in [-0.2, -0.15) is 0 Å². The number of hydrogen-bond acceptors (Lipinski definition) is 3. The predicted molar refractivity (Wildman–Crippen MR) is 50.1 cm³/mol. The van der Waals surface area contributed by atoms with E-state index in [9.17, 15) is 0 Å². The van der Waals surface area contributed by atoms with Crippen molar-refractivity contribution >= 4 is 0 Å². The summed E-state index contributed by atoms with van der Waals surface area (Å²) < 4.78 is 5.33. The van der Waals surface area contributed by atoms with Crippen LogP contribution in [0, 0.1) is 5.92 Å². The molecule has 0 fully saturated rings. The Kier molecular flexibility index (Phi) is 3.01. The minimum Gasteiger partial charge on any atom is -0.504 e. The highest BCUT2D eigenvalue weighted by atomic mass is 16.5. The van der Waals surface area contributed by atoms with Crippen molar-refractivity contribution in [2.24, 2.45) is 5.92 Å². The fourth-order valence-corrected chi connectivity index (χ4v) is 0.856. The van der Waals surface area contributed by atoms with Crippen LogP contribution >= 0.6 is 0 Å². The highest BCUT2D eigenvalue weighted by Gasteiger charge is 2.01. The standard InChI is InChI=1S/C10H14O3/c1-7(2)6-13-8-3-4-9(11)10(12)5-8/h3-5,7,11-12H,6H2,1-2H3. The quantitative estimate of drug-likeness (QED) is 0.704. The average Bonchev–Trinajstić information content (AvgIpc) is 2.07. The molecule has 0 saturated heterocycles. The second-order valence-electron chi connectivity index (χ2n) is 3.36. The molecule has 3 heteroatoms. The van der Waals surface area contributed by atoms with Crippen molar-refractivity contribution in [3.63, 3.8) is 0 Å². The molecule has 0 amide bonds. The van der Waals surface area contributed by atoms with E-state index >= 15 is 0 Å². The van der Waals surface area contributed by atoms with Crippen molar-refractivity contribution in [1.29, 1.82) is 0 Å². The van der Waals surface area contributed by atoms with Gasteiger partial charge in [-0.05, 0) is 18.1 Å². The normalized spacial score (nSPS) is 10.4. The molecule has 13 heavy (non-hydrogen) atoms. The lowest BCUT2D eigenvalue weighted by Crippen LogP contribution is -2.04. The monoisotopic (exact) mass is 182 g/mol. The summed E-state index contributed by atoms with van der Waals surface area (Å²) in [6, 6.07) is 4.43. The Balaban J connectivity index is 2.63. The van der Waals surface area contributed by atoms with Crippen molar-refractivity contribution in [3.05, 3.63) is 18.2 Å². The molecule has 2 N–H and O–H groups in total. The summed E-state index contributed by atoms with van der Waals surface area (Å²) >= 11 is 0. The van der Waals surface area contributed by atoms with Crippen LogP contribution in [0.3, 0.4) is 0 Å². The number of aromatic hydroxyl groups is 2. The molecule has 0 aliphatic rings. The van der Waals surface area contributed by atoms with E-state index in [1.54, 1.807) is 6.07 Å². The van der Waals surface area contributed by atoms with Crippen LogP contribution < -0.4 is 4.74 Å². The van der Waals surface area contributed by atoms with Gasteiger partial charge in [0.05, 0.1) is 6.61 Å². The molecule has 0 bridgehead atoms. The van der Waals surface area contributed by atoms with Crippen LogP contribution in [-0.4, -0.2) is 16.8 Å². The lowest BCUT2D eigenvalue weighted by Gasteiger charge is -2.08. The van der Waals surface area contributed by atoms with E-state index in [2.05, 4.69) is 0 Å². The number of hydrogen-bond donors (Lipinski definition) is 2. The minimum absolute atomic E-state index is 0.128. The molecule has 0 heterocycles. The molecule has 0 saturated carbocycles. The van der Waals surface area contributed by atoms with Crippen LogP contribution in [0.25, 0.3) is 0 Å². The first-order valence-corrected chi connectivity index (χ1v) is 4.24. The van der Waals surface area contributed by atoms with E-state index in [-0.39, 0.29) is 11.5 Å². The van der Waals surface area contributed by atoms with Crippen molar-refractivity contribution in [3.8, 4) is 17.2 Å². The fourth-order valence-electron chi connectivity index (χ4n) is 0.856. The molecule has 0 aromatic heterocycles. The topological polar surface area (TPSA) is 49.7 Å². The molecule has 0 aliphatic heterocycles. The Morgan fingerprint density at radius 1 is 1.23 bits per heavy atom. The van der Waals surface area contributed by atoms with Gasteiger partial charge in [-0.3, -0.25) is 0 Å². The Morgan fingerprint density at radius 2 is 1.92 bits per heavy atom. The van der Waals surface area contributed by atoms with Gasteiger partial charge in [-0.1, -0.05) is 13.8 Å². The molecule has 0 aliphatic carbocycles. The van der Waals surface area contributed by atoms with Crippen molar-refractivity contribution in [1.82, 2.24) is 0 Å². The van der Waals surface area contributed by atoms with Gasteiger partial charge < -0.3 is 14.9 Å². The van der Waals surface area contributed by atoms with Crippen LogP contribution in [0.1, 0.15) is 13.8 Å². The van der Waals surface area contributed by atoms with Gasteiger partial charge in [-0.25, -0.2) is 0 Å². The molecule has 1 aromatic carbocycles. The summed E-state index contributed by atoms with van der Waals surface area (Å²) in [7, 11) is 0. The Bertz CT molecular complexity index is 281. The van der Waals surface area contributed by atoms with Crippen LogP contribution in [0.15, 0.2) is 18.2 Å². The number of benzene rings is 1. The fraction of sp³-hybridized carbons (Fsp3) is 0.400. The zero-order valence-electron chi connectivity index (χ0n) is 7.82. The maximum atomic E-state index is 9.14. The molecule has 1 aromatic rings. The third-order valence-electron chi connectivity index (χ3n) is 1.53. The average molecular weight is 182 g/mol. The Labute approximate surface area is 77.6 Å². The van der Waals surface area contributed by atoms with Gasteiger partial charge in [0.1, 0.15) is 5.75 Å². The highest BCUT2D eigenvalue weighted by Crippen LogP contribution is 2.28. The lowest BCUT2D eigenvalue weighted by molar-refractivity contribution is 0.269. The number of phenolic OH excluding ortho intramolecular Hbond substituents is 2. The molecule has 72 valence electrons. The third-order valence-corrected chi connectivity index (χ3v) is 1.53. The van der Waals surface area contributed by atoms with Crippen molar-refractivity contribution in [2.45, 2.75) is 13.8 Å². The molecule has 0 spiro atoms.